The summed E-state index contributed by atoms with van der Waals surface area (Å²) in [5, 5.41) is 0. The maximum atomic E-state index is 12.6. The number of carbonyl (C=O) groups excluding carboxylic acids is 1. The van der Waals surface area contributed by atoms with Crippen LogP contribution in [0.4, 0.5) is 0 Å². The van der Waals surface area contributed by atoms with Crippen molar-refractivity contribution in [2.24, 2.45) is 4.99 Å². The Hall–Kier alpha value is -1.43. The Kier molecular flexibility index (Phi) is 4.52. The van der Waals surface area contributed by atoms with E-state index in [1.54, 1.807) is 10.8 Å². The molecule has 3 nitrogen and oxygen atoms in total. The molecule has 0 saturated carbocycles. The minimum Gasteiger partial charge on any atom is -0.268 e. The zero-order valence-electron chi connectivity index (χ0n) is 10.9. The summed E-state index contributed by atoms with van der Waals surface area (Å²) in [6.07, 6.45) is 1.76. The standard InChI is InChI=1S/C15H15IN2O/c1-11(2)17-14-9-5-6-10-18(14)15(19)12-7-3-4-8-13(12)16/h3-11H,1-2H3. The fraction of sp³-hybridized carbons (Fsp3) is 0.200. The van der Waals surface area contributed by atoms with Crippen LogP contribution in [0.15, 0.2) is 53.7 Å². The predicted molar refractivity (Wildman–Crippen MR) is 84.0 cm³/mol. The average molecular weight is 366 g/mol. The Morgan fingerprint density at radius 3 is 2.53 bits per heavy atom. The third-order valence-electron chi connectivity index (χ3n) is 2.55. The summed E-state index contributed by atoms with van der Waals surface area (Å²) in [5.41, 5.74) is 1.38. The molecule has 2 rings (SSSR count). The molecule has 0 spiro atoms. The van der Waals surface area contributed by atoms with Gasteiger partial charge in [-0.15, -0.1) is 0 Å². The lowest BCUT2D eigenvalue weighted by molar-refractivity contribution is 0.0953. The highest BCUT2D eigenvalue weighted by Gasteiger charge is 2.11. The molecule has 0 radical (unpaired) electrons. The van der Waals surface area contributed by atoms with Gasteiger partial charge in [0, 0.05) is 15.8 Å². The van der Waals surface area contributed by atoms with Gasteiger partial charge in [0.1, 0.15) is 5.49 Å². The number of hydrogen-bond acceptors (Lipinski definition) is 2. The molecule has 2 aromatic rings. The molecule has 0 fully saturated rings. The van der Waals surface area contributed by atoms with E-state index in [4.69, 9.17) is 0 Å². The summed E-state index contributed by atoms with van der Waals surface area (Å²) in [5.74, 6) is -0.0509. The monoisotopic (exact) mass is 366 g/mol. The van der Waals surface area contributed by atoms with Crippen molar-refractivity contribution >= 4 is 28.5 Å². The van der Waals surface area contributed by atoms with Gasteiger partial charge in [0.15, 0.2) is 0 Å². The van der Waals surface area contributed by atoms with Gasteiger partial charge in [0.2, 0.25) is 0 Å². The smallest absolute Gasteiger partial charge is 0.264 e. The van der Waals surface area contributed by atoms with Gasteiger partial charge in [-0.2, -0.15) is 0 Å². The van der Waals surface area contributed by atoms with Crippen molar-refractivity contribution in [1.29, 1.82) is 0 Å². The van der Waals surface area contributed by atoms with Crippen LogP contribution >= 0.6 is 22.6 Å². The first-order valence-corrected chi connectivity index (χ1v) is 7.18. The van der Waals surface area contributed by atoms with Crippen molar-refractivity contribution in [3.05, 3.63) is 63.3 Å². The molecule has 0 aliphatic carbocycles. The average Bonchev–Trinajstić information content (AvgIpc) is 2.38. The SMILES string of the molecule is CC(C)N=c1ccccn1C(=O)c1ccccc1I. The van der Waals surface area contributed by atoms with E-state index < -0.39 is 0 Å². The highest BCUT2D eigenvalue weighted by Crippen LogP contribution is 2.12. The van der Waals surface area contributed by atoms with Crippen molar-refractivity contribution in [1.82, 2.24) is 4.57 Å². The molecule has 0 atom stereocenters. The van der Waals surface area contributed by atoms with E-state index in [1.165, 1.54) is 0 Å². The molecule has 1 heterocycles. The maximum Gasteiger partial charge on any atom is 0.264 e. The van der Waals surface area contributed by atoms with Crippen LogP contribution in [0.1, 0.15) is 24.2 Å². The number of halogens is 1. The molecule has 0 saturated heterocycles. The van der Waals surface area contributed by atoms with Crippen LogP contribution in [-0.4, -0.2) is 16.5 Å². The zero-order chi connectivity index (χ0) is 13.8. The van der Waals surface area contributed by atoms with Gasteiger partial charge in [0.05, 0.1) is 5.56 Å². The van der Waals surface area contributed by atoms with Crippen LogP contribution in [0.5, 0.6) is 0 Å². The fourth-order valence-electron chi connectivity index (χ4n) is 1.74. The van der Waals surface area contributed by atoms with E-state index in [2.05, 4.69) is 27.6 Å². The molecule has 19 heavy (non-hydrogen) atoms. The molecule has 0 aliphatic heterocycles. The molecule has 0 amide bonds. The molecule has 1 aromatic carbocycles. The number of nitrogens with zero attached hydrogens (tertiary/aromatic N) is 2. The molecule has 0 unspecified atom stereocenters. The van der Waals surface area contributed by atoms with Crippen LogP contribution in [-0.2, 0) is 0 Å². The van der Waals surface area contributed by atoms with Crippen molar-refractivity contribution in [2.75, 3.05) is 0 Å². The van der Waals surface area contributed by atoms with Gasteiger partial charge in [-0.25, -0.2) is 0 Å². The molecule has 0 bridgehead atoms. The normalized spacial score (nSPS) is 11.9. The number of hydrogen-bond donors (Lipinski definition) is 0. The highest BCUT2D eigenvalue weighted by atomic mass is 127. The second-order valence-corrected chi connectivity index (χ2v) is 5.60. The summed E-state index contributed by atoms with van der Waals surface area (Å²) < 4.78 is 2.54. The van der Waals surface area contributed by atoms with Crippen molar-refractivity contribution in [3.8, 4) is 0 Å². The molecular formula is C15H15IN2O. The molecule has 0 aliphatic rings. The first-order chi connectivity index (χ1) is 9.09. The summed E-state index contributed by atoms with van der Waals surface area (Å²) in [6, 6.07) is 13.3. The number of rotatable bonds is 2. The number of aromatic nitrogens is 1. The van der Waals surface area contributed by atoms with Gasteiger partial charge >= 0.3 is 0 Å². The first-order valence-electron chi connectivity index (χ1n) is 6.10. The molecule has 98 valence electrons. The van der Waals surface area contributed by atoms with Crippen molar-refractivity contribution < 1.29 is 4.79 Å². The Balaban J connectivity index is 2.55. The lowest BCUT2D eigenvalue weighted by Gasteiger charge is -2.08. The topological polar surface area (TPSA) is 34.4 Å². The lowest BCUT2D eigenvalue weighted by Crippen LogP contribution is -2.28. The minimum absolute atomic E-state index is 0.0509. The number of pyridine rings is 1. The Labute approximate surface area is 126 Å². The zero-order valence-corrected chi connectivity index (χ0v) is 13.0. The third-order valence-corrected chi connectivity index (χ3v) is 3.49. The summed E-state index contributed by atoms with van der Waals surface area (Å²) >= 11 is 2.17. The number of carbonyl (C=O) groups is 1. The van der Waals surface area contributed by atoms with Crippen LogP contribution in [0.25, 0.3) is 0 Å². The van der Waals surface area contributed by atoms with Gasteiger partial charge in [-0.05, 0) is 60.7 Å². The van der Waals surface area contributed by atoms with E-state index in [1.807, 2.05) is 56.3 Å². The molecule has 0 N–H and O–H groups in total. The predicted octanol–water partition coefficient (Wildman–Crippen LogP) is 3.09. The van der Waals surface area contributed by atoms with E-state index >= 15 is 0 Å². The van der Waals surface area contributed by atoms with Crippen LogP contribution in [0, 0.1) is 3.57 Å². The molecule has 4 heteroatoms. The fourth-order valence-corrected chi connectivity index (χ4v) is 2.36. The van der Waals surface area contributed by atoms with Gasteiger partial charge in [0.25, 0.3) is 5.91 Å². The molecular weight excluding hydrogens is 351 g/mol. The Morgan fingerprint density at radius 1 is 1.16 bits per heavy atom. The summed E-state index contributed by atoms with van der Waals surface area (Å²) in [7, 11) is 0. The second kappa shape index (κ2) is 6.14. The summed E-state index contributed by atoms with van der Waals surface area (Å²) in [6.45, 7) is 3.99. The first kappa shape index (κ1) is 14.0. The maximum absolute atomic E-state index is 12.6. The van der Waals surface area contributed by atoms with Gasteiger partial charge in [-0.3, -0.25) is 14.4 Å². The van der Waals surface area contributed by atoms with Crippen molar-refractivity contribution in [2.45, 2.75) is 19.9 Å². The Bertz CT molecular complexity index is 659. The van der Waals surface area contributed by atoms with E-state index in [-0.39, 0.29) is 11.9 Å². The number of benzene rings is 1. The minimum atomic E-state index is -0.0509. The van der Waals surface area contributed by atoms with Gasteiger partial charge < -0.3 is 0 Å². The largest absolute Gasteiger partial charge is 0.268 e. The van der Waals surface area contributed by atoms with Crippen LogP contribution in [0.2, 0.25) is 0 Å². The van der Waals surface area contributed by atoms with Crippen LogP contribution < -0.4 is 5.49 Å². The lowest BCUT2D eigenvalue weighted by atomic mass is 10.2. The second-order valence-electron chi connectivity index (χ2n) is 4.44. The third kappa shape index (κ3) is 3.32. The van der Waals surface area contributed by atoms with E-state index in [9.17, 15) is 4.79 Å². The van der Waals surface area contributed by atoms with E-state index in [0.29, 0.717) is 11.1 Å². The molecule has 1 aromatic heterocycles. The van der Waals surface area contributed by atoms with E-state index in [0.717, 1.165) is 3.57 Å². The van der Waals surface area contributed by atoms with Crippen LogP contribution in [0.3, 0.4) is 0 Å². The quantitative estimate of drug-likeness (QED) is 0.753. The Morgan fingerprint density at radius 2 is 1.84 bits per heavy atom. The van der Waals surface area contributed by atoms with Crippen molar-refractivity contribution in [3.63, 3.8) is 0 Å². The summed E-state index contributed by atoms with van der Waals surface area (Å²) in [4.78, 5) is 17.0. The highest BCUT2D eigenvalue weighted by molar-refractivity contribution is 14.1. The van der Waals surface area contributed by atoms with Gasteiger partial charge in [-0.1, -0.05) is 18.2 Å².